The molecule has 0 unspecified atom stereocenters. The van der Waals surface area contributed by atoms with Crippen molar-refractivity contribution in [2.45, 2.75) is 5.79 Å². The van der Waals surface area contributed by atoms with Crippen molar-refractivity contribution in [3.63, 3.8) is 0 Å². The second-order valence-corrected chi connectivity index (χ2v) is 5.51. The van der Waals surface area contributed by atoms with Crippen LogP contribution < -0.4 is 4.90 Å². The minimum absolute atomic E-state index is 0.432. The van der Waals surface area contributed by atoms with E-state index in [4.69, 9.17) is 9.47 Å². The number of hydrogen-bond donors (Lipinski definition) is 0. The van der Waals surface area contributed by atoms with Crippen LogP contribution in [-0.4, -0.2) is 38.1 Å². The molecule has 6 heteroatoms. The molecule has 78 valence electrons. The largest absolute Gasteiger partial charge is 0.350 e. The summed E-state index contributed by atoms with van der Waals surface area (Å²) in [6, 6.07) is 0. The zero-order valence-electron chi connectivity index (χ0n) is 7.99. The van der Waals surface area contributed by atoms with Crippen LogP contribution in [0.15, 0.2) is 9.98 Å². The van der Waals surface area contributed by atoms with Gasteiger partial charge in [-0.25, -0.2) is 4.98 Å². The molecule has 1 saturated heterocycles. The van der Waals surface area contributed by atoms with Crippen LogP contribution >= 0.6 is 27.3 Å². The fourth-order valence-corrected chi connectivity index (χ4v) is 2.58. The van der Waals surface area contributed by atoms with E-state index in [9.17, 15) is 0 Å². The maximum absolute atomic E-state index is 5.28. The number of anilines is 1. The van der Waals surface area contributed by atoms with E-state index >= 15 is 0 Å². The summed E-state index contributed by atoms with van der Waals surface area (Å²) in [5, 5.41) is 1.00. The first-order valence-corrected chi connectivity index (χ1v) is 5.77. The molecule has 1 fully saturated rings. The molecule has 1 aromatic rings. The summed E-state index contributed by atoms with van der Waals surface area (Å²) in [6.45, 7) is 1.47. The molecule has 2 rings (SSSR count). The highest BCUT2D eigenvalue weighted by Gasteiger charge is 2.44. The van der Waals surface area contributed by atoms with Crippen molar-refractivity contribution in [2.75, 3.05) is 32.2 Å². The Kier molecular flexibility index (Phi) is 2.79. The Morgan fingerprint density at radius 2 is 2.14 bits per heavy atom. The molecule has 2 heterocycles. The standard InChI is InChI=1S/C8H11BrN2O2S/c1-12-8(13-2)4-11(5-8)7-10-3-6(9)14-7/h3H,4-5H2,1-2H3. The summed E-state index contributed by atoms with van der Waals surface area (Å²) in [6.07, 6.45) is 1.81. The van der Waals surface area contributed by atoms with Gasteiger partial charge in [-0.2, -0.15) is 0 Å². The first kappa shape index (κ1) is 10.4. The molecular weight excluding hydrogens is 268 g/mol. The molecule has 1 aromatic heterocycles. The van der Waals surface area contributed by atoms with Crippen LogP contribution in [0, 0.1) is 0 Å². The highest BCUT2D eigenvalue weighted by atomic mass is 79.9. The minimum atomic E-state index is -0.432. The fraction of sp³-hybridized carbons (Fsp3) is 0.625. The van der Waals surface area contributed by atoms with Crippen molar-refractivity contribution >= 4 is 32.4 Å². The second kappa shape index (κ2) is 3.77. The van der Waals surface area contributed by atoms with Gasteiger partial charge in [-0.1, -0.05) is 11.3 Å². The van der Waals surface area contributed by atoms with Crippen LogP contribution in [0.5, 0.6) is 0 Å². The number of rotatable bonds is 3. The summed E-state index contributed by atoms with van der Waals surface area (Å²) in [4.78, 5) is 6.39. The van der Waals surface area contributed by atoms with Crippen LogP contribution in [0.4, 0.5) is 5.13 Å². The van der Waals surface area contributed by atoms with Crippen LogP contribution in [0.1, 0.15) is 0 Å². The van der Waals surface area contributed by atoms with Crippen molar-refractivity contribution < 1.29 is 9.47 Å². The van der Waals surface area contributed by atoms with Crippen LogP contribution in [0.2, 0.25) is 0 Å². The summed E-state index contributed by atoms with van der Waals surface area (Å²) < 4.78 is 11.6. The van der Waals surface area contributed by atoms with Crippen LogP contribution in [0.3, 0.4) is 0 Å². The summed E-state index contributed by atoms with van der Waals surface area (Å²) in [5.74, 6) is -0.432. The van der Waals surface area contributed by atoms with Gasteiger partial charge in [0.1, 0.15) is 0 Å². The van der Waals surface area contributed by atoms with Gasteiger partial charge in [-0.05, 0) is 15.9 Å². The first-order valence-electron chi connectivity index (χ1n) is 4.16. The molecule has 0 spiro atoms. The van der Waals surface area contributed by atoms with E-state index in [2.05, 4.69) is 25.8 Å². The Morgan fingerprint density at radius 1 is 1.50 bits per heavy atom. The monoisotopic (exact) mass is 278 g/mol. The van der Waals surface area contributed by atoms with Crippen molar-refractivity contribution in [3.05, 3.63) is 9.98 Å². The third-order valence-corrected chi connectivity index (χ3v) is 3.88. The van der Waals surface area contributed by atoms with Gasteiger partial charge in [0, 0.05) is 14.2 Å². The van der Waals surface area contributed by atoms with Crippen molar-refractivity contribution in [1.82, 2.24) is 4.98 Å². The van der Waals surface area contributed by atoms with Gasteiger partial charge >= 0.3 is 0 Å². The Hall–Kier alpha value is -0.170. The number of aromatic nitrogens is 1. The van der Waals surface area contributed by atoms with Gasteiger partial charge < -0.3 is 14.4 Å². The van der Waals surface area contributed by atoms with Crippen LogP contribution in [-0.2, 0) is 9.47 Å². The number of thiazole rings is 1. The summed E-state index contributed by atoms with van der Waals surface area (Å²) in [5.41, 5.74) is 0. The Morgan fingerprint density at radius 3 is 2.57 bits per heavy atom. The third-order valence-electron chi connectivity index (χ3n) is 2.34. The number of hydrogen-bond acceptors (Lipinski definition) is 5. The Balaban J connectivity index is 2.00. The first-order chi connectivity index (χ1) is 6.69. The van der Waals surface area contributed by atoms with Crippen molar-refractivity contribution in [1.29, 1.82) is 0 Å². The average molecular weight is 279 g/mol. The number of methoxy groups -OCH3 is 2. The fourth-order valence-electron chi connectivity index (χ4n) is 1.40. The molecule has 0 atom stereocenters. The van der Waals surface area contributed by atoms with Gasteiger partial charge in [0.05, 0.1) is 23.1 Å². The van der Waals surface area contributed by atoms with E-state index < -0.39 is 5.79 Å². The predicted octanol–water partition coefficient (Wildman–Crippen LogP) is 1.71. The molecule has 0 amide bonds. The van der Waals surface area contributed by atoms with E-state index in [0.717, 1.165) is 22.0 Å². The zero-order valence-corrected chi connectivity index (χ0v) is 10.4. The Labute approximate surface area is 95.0 Å². The maximum Gasteiger partial charge on any atom is 0.203 e. The van der Waals surface area contributed by atoms with Crippen molar-refractivity contribution in [2.24, 2.45) is 0 Å². The SMILES string of the molecule is COC1(OC)CN(c2ncc(Br)s2)C1. The number of halogens is 1. The van der Waals surface area contributed by atoms with Gasteiger partial charge in [-0.3, -0.25) is 0 Å². The quantitative estimate of drug-likeness (QED) is 0.789. The predicted molar refractivity (Wildman–Crippen MR) is 58.8 cm³/mol. The highest BCUT2D eigenvalue weighted by Crippen LogP contribution is 2.34. The van der Waals surface area contributed by atoms with Gasteiger partial charge in [0.15, 0.2) is 5.13 Å². The second-order valence-electron chi connectivity index (χ2n) is 3.12. The van der Waals surface area contributed by atoms with Gasteiger partial charge in [0.2, 0.25) is 5.79 Å². The maximum atomic E-state index is 5.28. The molecule has 0 radical (unpaired) electrons. The lowest BCUT2D eigenvalue weighted by Crippen LogP contribution is -2.64. The highest BCUT2D eigenvalue weighted by molar-refractivity contribution is 9.11. The van der Waals surface area contributed by atoms with Gasteiger partial charge in [0.25, 0.3) is 0 Å². The molecule has 14 heavy (non-hydrogen) atoms. The van der Waals surface area contributed by atoms with E-state index in [-0.39, 0.29) is 0 Å². The Bertz CT molecular complexity index is 319. The molecule has 0 aromatic carbocycles. The number of ether oxygens (including phenoxy) is 2. The molecular formula is C8H11BrN2O2S. The normalized spacial score (nSPS) is 19.5. The average Bonchev–Trinajstić information content (AvgIpc) is 2.52. The molecule has 0 N–H and O–H groups in total. The number of nitrogens with zero attached hydrogens (tertiary/aromatic N) is 2. The van der Waals surface area contributed by atoms with E-state index in [0.29, 0.717) is 0 Å². The van der Waals surface area contributed by atoms with E-state index in [1.807, 2.05) is 0 Å². The summed E-state index contributed by atoms with van der Waals surface area (Å²) in [7, 11) is 3.33. The van der Waals surface area contributed by atoms with Gasteiger partial charge in [-0.15, -0.1) is 0 Å². The third kappa shape index (κ3) is 1.67. The lowest BCUT2D eigenvalue weighted by atomic mass is 10.1. The summed E-state index contributed by atoms with van der Waals surface area (Å²) >= 11 is 5.00. The molecule has 0 aliphatic carbocycles. The molecule has 1 aliphatic rings. The molecule has 1 aliphatic heterocycles. The lowest BCUT2D eigenvalue weighted by Gasteiger charge is -2.47. The van der Waals surface area contributed by atoms with Crippen molar-refractivity contribution in [3.8, 4) is 0 Å². The molecule has 4 nitrogen and oxygen atoms in total. The zero-order chi connectivity index (χ0) is 10.2. The molecule has 0 saturated carbocycles. The van der Waals surface area contributed by atoms with E-state index in [1.165, 1.54) is 0 Å². The smallest absolute Gasteiger partial charge is 0.203 e. The van der Waals surface area contributed by atoms with E-state index in [1.54, 1.807) is 31.8 Å². The van der Waals surface area contributed by atoms with Crippen LogP contribution in [0.25, 0.3) is 0 Å². The lowest BCUT2D eigenvalue weighted by molar-refractivity contribution is -0.219. The molecule has 0 bridgehead atoms. The minimum Gasteiger partial charge on any atom is -0.350 e. The topological polar surface area (TPSA) is 34.6 Å².